The van der Waals surface area contributed by atoms with E-state index in [0.29, 0.717) is 5.69 Å². The Kier molecular flexibility index (Phi) is 4.99. The predicted molar refractivity (Wildman–Crippen MR) is 96.7 cm³/mol. The van der Waals surface area contributed by atoms with Crippen molar-refractivity contribution in [3.63, 3.8) is 0 Å². The maximum atomic E-state index is 13.5. The zero-order valence-corrected chi connectivity index (χ0v) is 15.3. The second kappa shape index (κ2) is 7.52. The fourth-order valence-corrected chi connectivity index (χ4v) is 2.91. The van der Waals surface area contributed by atoms with Crippen molar-refractivity contribution in [2.75, 3.05) is 5.32 Å². The maximum absolute atomic E-state index is 13.5. The molecule has 1 aliphatic heterocycles. The van der Waals surface area contributed by atoms with E-state index in [1.807, 2.05) is 0 Å². The van der Waals surface area contributed by atoms with Gasteiger partial charge in [0, 0.05) is 18.1 Å². The molecule has 1 atom stereocenters. The Labute approximate surface area is 170 Å². The van der Waals surface area contributed by atoms with Crippen LogP contribution >= 0.6 is 0 Å². The van der Waals surface area contributed by atoms with E-state index in [0.717, 1.165) is 16.5 Å². The van der Waals surface area contributed by atoms with E-state index < -0.39 is 30.2 Å². The molecule has 1 unspecified atom stereocenters. The number of rotatable bonds is 4. The Morgan fingerprint density at radius 2 is 1.81 bits per heavy atom. The maximum Gasteiger partial charge on any atom is 0.573 e. The smallest absolute Gasteiger partial charge is 0.465 e. The molecule has 0 saturated heterocycles. The number of anilines is 1. The van der Waals surface area contributed by atoms with Crippen LogP contribution in [0.5, 0.6) is 5.75 Å². The highest BCUT2D eigenvalue weighted by atomic mass is 19.4. The minimum Gasteiger partial charge on any atom is -0.465 e. The molecular formula is C19H12F6N4O2. The molecule has 0 bridgehead atoms. The molecule has 1 aliphatic rings. The van der Waals surface area contributed by atoms with Gasteiger partial charge in [-0.1, -0.05) is 6.08 Å². The molecule has 6 nitrogen and oxygen atoms in total. The average Bonchev–Trinajstić information content (AvgIpc) is 3.09. The molecule has 0 fully saturated rings. The number of hydrogen-bond acceptors (Lipinski definition) is 5. The average molecular weight is 442 g/mol. The zero-order chi connectivity index (χ0) is 22.2. The van der Waals surface area contributed by atoms with Crippen LogP contribution in [-0.2, 0) is 10.9 Å². The van der Waals surface area contributed by atoms with Gasteiger partial charge in [-0.05, 0) is 42.5 Å². The summed E-state index contributed by atoms with van der Waals surface area (Å²) in [5, 5.41) is 2.86. The van der Waals surface area contributed by atoms with E-state index in [4.69, 9.17) is 4.74 Å². The first kappa shape index (κ1) is 20.6. The number of hydrogen-bond donors (Lipinski definition) is 1. The summed E-state index contributed by atoms with van der Waals surface area (Å²) >= 11 is 0. The van der Waals surface area contributed by atoms with Crippen LogP contribution in [0.15, 0.2) is 61.0 Å². The number of nitrogens with one attached hydrogen (secondary N) is 1. The molecule has 0 spiro atoms. The Bertz CT molecular complexity index is 1150. The topological polar surface area (TPSA) is 60.7 Å². The number of imidazole rings is 1. The number of allylic oxidation sites excluding steroid dienone is 2. The van der Waals surface area contributed by atoms with Crippen molar-refractivity contribution in [3.05, 3.63) is 72.3 Å². The quantitative estimate of drug-likeness (QED) is 0.576. The third-order valence-electron chi connectivity index (χ3n) is 4.09. The van der Waals surface area contributed by atoms with Crippen molar-refractivity contribution in [2.45, 2.75) is 18.8 Å². The van der Waals surface area contributed by atoms with Gasteiger partial charge in [-0.2, -0.15) is 13.2 Å². The molecule has 0 amide bonds. The summed E-state index contributed by atoms with van der Waals surface area (Å²) in [6, 6.07) is 6.27. The number of aromatic nitrogens is 3. The largest absolute Gasteiger partial charge is 0.573 e. The van der Waals surface area contributed by atoms with Crippen molar-refractivity contribution < 1.29 is 35.8 Å². The highest BCUT2D eigenvalue weighted by Crippen LogP contribution is 2.36. The summed E-state index contributed by atoms with van der Waals surface area (Å²) in [4.78, 5) is 7.40. The van der Waals surface area contributed by atoms with Gasteiger partial charge in [0.1, 0.15) is 17.2 Å². The molecule has 0 aliphatic carbocycles. The number of alkyl halides is 6. The SMILES string of the molecule is FC(F)(F)Oc1ccc(NC2C=CC=C(c3c(C(F)(F)F)nc4ncccn34)O2)cc1. The molecule has 1 aromatic carbocycles. The molecule has 2 aromatic heterocycles. The van der Waals surface area contributed by atoms with Gasteiger partial charge in [0.05, 0.1) is 0 Å². The molecule has 3 aromatic rings. The van der Waals surface area contributed by atoms with Crippen molar-refractivity contribution >= 4 is 17.2 Å². The van der Waals surface area contributed by atoms with Crippen molar-refractivity contribution in [1.82, 2.24) is 14.4 Å². The van der Waals surface area contributed by atoms with Crippen molar-refractivity contribution in [1.29, 1.82) is 0 Å². The fraction of sp³-hybridized carbons (Fsp3) is 0.158. The third kappa shape index (κ3) is 4.57. The van der Waals surface area contributed by atoms with Gasteiger partial charge in [0.15, 0.2) is 11.9 Å². The molecule has 4 rings (SSSR count). The molecule has 0 radical (unpaired) electrons. The Hall–Kier alpha value is -3.70. The van der Waals surface area contributed by atoms with Crippen LogP contribution in [0.1, 0.15) is 11.4 Å². The van der Waals surface area contributed by atoms with E-state index in [1.165, 1.54) is 48.8 Å². The summed E-state index contributed by atoms with van der Waals surface area (Å²) in [5.74, 6) is -0.662. The summed E-state index contributed by atoms with van der Waals surface area (Å²) in [6.07, 6.45) is -3.38. The first-order valence-electron chi connectivity index (χ1n) is 8.68. The van der Waals surface area contributed by atoms with Crippen LogP contribution in [0.2, 0.25) is 0 Å². The number of nitrogens with zero attached hydrogens (tertiary/aromatic N) is 3. The predicted octanol–water partition coefficient (Wildman–Crippen LogP) is 5.01. The number of fused-ring (bicyclic) bond motifs is 1. The van der Waals surface area contributed by atoms with Gasteiger partial charge in [-0.25, -0.2) is 9.97 Å². The highest BCUT2D eigenvalue weighted by Gasteiger charge is 2.40. The minimum atomic E-state index is -4.82. The third-order valence-corrected chi connectivity index (χ3v) is 4.09. The number of benzene rings is 1. The standard InChI is InChI=1S/C19H12F6N4O2/c20-18(21,22)16-15(29-10-2-9-26-17(29)28-16)13-3-1-4-14(30-13)27-11-5-7-12(8-6-11)31-19(23,24)25/h1-10,14,27H. The molecule has 12 heteroatoms. The molecule has 31 heavy (non-hydrogen) atoms. The summed E-state index contributed by atoms with van der Waals surface area (Å²) < 4.78 is 88.0. The second-order valence-electron chi connectivity index (χ2n) is 6.27. The van der Waals surface area contributed by atoms with Crippen LogP contribution in [0.3, 0.4) is 0 Å². The van der Waals surface area contributed by atoms with Crippen LogP contribution in [-0.4, -0.2) is 27.0 Å². The summed E-state index contributed by atoms with van der Waals surface area (Å²) in [7, 11) is 0. The number of ether oxygens (including phenoxy) is 2. The van der Waals surface area contributed by atoms with E-state index in [-0.39, 0.29) is 17.2 Å². The monoisotopic (exact) mass is 442 g/mol. The first-order valence-corrected chi connectivity index (χ1v) is 8.68. The van der Waals surface area contributed by atoms with Crippen LogP contribution in [0.25, 0.3) is 11.5 Å². The molecule has 3 heterocycles. The Balaban J connectivity index is 1.56. The van der Waals surface area contributed by atoms with Crippen LogP contribution < -0.4 is 10.1 Å². The van der Waals surface area contributed by atoms with E-state index in [2.05, 4.69) is 20.0 Å². The Morgan fingerprint density at radius 3 is 2.48 bits per heavy atom. The van der Waals surface area contributed by atoms with Gasteiger partial charge in [0.2, 0.25) is 5.78 Å². The Morgan fingerprint density at radius 1 is 1.06 bits per heavy atom. The molecular weight excluding hydrogens is 430 g/mol. The minimum absolute atomic E-state index is 0.107. The van der Waals surface area contributed by atoms with E-state index in [1.54, 1.807) is 0 Å². The lowest BCUT2D eigenvalue weighted by molar-refractivity contribution is -0.274. The summed E-state index contributed by atoms with van der Waals surface area (Å²) in [5.41, 5.74) is -1.11. The van der Waals surface area contributed by atoms with Crippen molar-refractivity contribution in [2.24, 2.45) is 0 Å². The van der Waals surface area contributed by atoms with E-state index >= 15 is 0 Å². The van der Waals surface area contributed by atoms with Gasteiger partial charge in [-0.3, -0.25) is 4.40 Å². The normalized spacial score (nSPS) is 16.7. The second-order valence-corrected chi connectivity index (χ2v) is 6.27. The van der Waals surface area contributed by atoms with Gasteiger partial charge in [-0.15, -0.1) is 13.2 Å². The first-order chi connectivity index (χ1) is 14.6. The van der Waals surface area contributed by atoms with Crippen LogP contribution in [0, 0.1) is 0 Å². The molecule has 0 saturated carbocycles. The molecule has 1 N–H and O–H groups in total. The van der Waals surface area contributed by atoms with Gasteiger partial charge >= 0.3 is 12.5 Å². The number of halogens is 6. The zero-order valence-electron chi connectivity index (χ0n) is 15.3. The van der Waals surface area contributed by atoms with Crippen molar-refractivity contribution in [3.8, 4) is 5.75 Å². The lowest BCUT2D eigenvalue weighted by Crippen LogP contribution is -2.23. The highest BCUT2D eigenvalue weighted by molar-refractivity contribution is 5.66. The van der Waals surface area contributed by atoms with Gasteiger partial charge in [0.25, 0.3) is 0 Å². The fourth-order valence-electron chi connectivity index (χ4n) is 2.91. The van der Waals surface area contributed by atoms with Crippen LogP contribution in [0.4, 0.5) is 32.0 Å². The molecule has 162 valence electrons. The summed E-state index contributed by atoms with van der Waals surface area (Å²) in [6.45, 7) is 0. The lowest BCUT2D eigenvalue weighted by atomic mass is 10.2. The van der Waals surface area contributed by atoms with E-state index in [9.17, 15) is 26.3 Å². The van der Waals surface area contributed by atoms with Gasteiger partial charge < -0.3 is 14.8 Å². The lowest BCUT2D eigenvalue weighted by Gasteiger charge is -2.23.